The first kappa shape index (κ1) is 18.2. The number of likely N-dealkylation sites (tertiary alicyclic amines) is 1. The molecule has 2 aliphatic rings. The second kappa shape index (κ2) is 8.26. The van der Waals surface area contributed by atoms with Gasteiger partial charge in [0.2, 0.25) is 0 Å². The number of carbonyl (C=O) groups excluding carboxylic acids is 1. The lowest BCUT2D eigenvalue weighted by atomic mass is 9.87. The van der Waals surface area contributed by atoms with Gasteiger partial charge in [0.25, 0.3) is 5.91 Å². The Labute approximate surface area is 162 Å². The zero-order valence-electron chi connectivity index (χ0n) is 16.3. The molecule has 2 heterocycles. The van der Waals surface area contributed by atoms with E-state index in [1.165, 1.54) is 17.5 Å². The summed E-state index contributed by atoms with van der Waals surface area (Å²) in [5.74, 6) is 0.910. The van der Waals surface area contributed by atoms with Crippen molar-refractivity contribution in [3.8, 4) is 0 Å². The van der Waals surface area contributed by atoms with Gasteiger partial charge in [0.05, 0.1) is 0 Å². The first-order chi connectivity index (χ1) is 13.2. The molecule has 27 heavy (non-hydrogen) atoms. The number of fused-ring (bicyclic) bond motifs is 1. The summed E-state index contributed by atoms with van der Waals surface area (Å²) in [6.45, 7) is 4.90. The molecule has 0 aromatic heterocycles. The fourth-order valence-corrected chi connectivity index (χ4v) is 4.65. The smallest absolute Gasteiger partial charge is 0.253 e. The summed E-state index contributed by atoms with van der Waals surface area (Å²) in [4.78, 5) is 14.8. The number of benzene rings is 2. The predicted octanol–water partition coefficient (Wildman–Crippen LogP) is 3.99. The fourth-order valence-electron chi connectivity index (χ4n) is 4.65. The van der Waals surface area contributed by atoms with E-state index in [0.29, 0.717) is 12.0 Å². The molecule has 1 atom stereocenters. The van der Waals surface area contributed by atoms with Crippen LogP contribution >= 0.6 is 0 Å². The van der Waals surface area contributed by atoms with Crippen molar-refractivity contribution in [1.29, 1.82) is 0 Å². The largest absolute Gasteiger partial charge is 0.339 e. The van der Waals surface area contributed by atoms with E-state index in [9.17, 15) is 4.79 Å². The molecule has 3 nitrogen and oxygen atoms in total. The number of hydrogen-bond donors (Lipinski definition) is 1. The van der Waals surface area contributed by atoms with Crippen LogP contribution in [0.4, 0.5) is 0 Å². The maximum absolute atomic E-state index is 12.7. The minimum atomic E-state index is 0.193. The Morgan fingerprint density at radius 3 is 2.63 bits per heavy atom. The SMILES string of the molecule is Cc1cccc(C(=O)N2CCC(CC3Cc4ccccc4CCN3)CC2)c1. The molecule has 0 radical (unpaired) electrons. The average molecular weight is 363 g/mol. The number of piperidine rings is 1. The van der Waals surface area contributed by atoms with Gasteiger partial charge in [0.15, 0.2) is 0 Å². The minimum Gasteiger partial charge on any atom is -0.339 e. The highest BCUT2D eigenvalue weighted by Gasteiger charge is 2.26. The van der Waals surface area contributed by atoms with E-state index in [1.54, 1.807) is 0 Å². The van der Waals surface area contributed by atoms with Gasteiger partial charge < -0.3 is 10.2 Å². The monoisotopic (exact) mass is 362 g/mol. The van der Waals surface area contributed by atoms with Crippen LogP contribution in [0, 0.1) is 12.8 Å². The van der Waals surface area contributed by atoms with Gasteiger partial charge in [-0.1, -0.05) is 42.0 Å². The summed E-state index contributed by atoms with van der Waals surface area (Å²) in [5, 5.41) is 3.76. The third-order valence-electron chi connectivity index (χ3n) is 6.20. The van der Waals surface area contributed by atoms with Crippen LogP contribution in [0.25, 0.3) is 0 Å². The summed E-state index contributed by atoms with van der Waals surface area (Å²) in [7, 11) is 0. The van der Waals surface area contributed by atoms with Gasteiger partial charge in [0, 0.05) is 24.7 Å². The van der Waals surface area contributed by atoms with Gasteiger partial charge in [-0.05, 0) is 74.8 Å². The second-order valence-electron chi connectivity index (χ2n) is 8.21. The molecule has 4 rings (SSSR count). The third kappa shape index (κ3) is 4.41. The Hall–Kier alpha value is -2.13. The quantitative estimate of drug-likeness (QED) is 0.895. The van der Waals surface area contributed by atoms with E-state index >= 15 is 0 Å². The van der Waals surface area contributed by atoms with Crippen LogP contribution < -0.4 is 5.32 Å². The van der Waals surface area contributed by atoms with E-state index in [4.69, 9.17) is 0 Å². The highest BCUT2D eigenvalue weighted by molar-refractivity contribution is 5.94. The van der Waals surface area contributed by atoms with Crippen molar-refractivity contribution in [2.45, 2.75) is 45.1 Å². The Balaban J connectivity index is 1.31. The normalized spacial score (nSPS) is 20.8. The molecule has 3 heteroatoms. The Bertz CT molecular complexity index is 792. The average Bonchev–Trinajstić information content (AvgIpc) is 2.90. The molecular formula is C24H30N2O. The molecule has 1 N–H and O–H groups in total. The highest BCUT2D eigenvalue weighted by Crippen LogP contribution is 2.26. The number of hydrogen-bond acceptors (Lipinski definition) is 2. The van der Waals surface area contributed by atoms with Crippen LogP contribution in [-0.4, -0.2) is 36.5 Å². The molecule has 1 saturated heterocycles. The standard InChI is InChI=1S/C24H30N2O/c1-18-5-4-8-22(15-18)24(27)26-13-10-19(11-14-26)16-23-17-21-7-3-2-6-20(21)9-12-25-23/h2-8,15,19,23,25H,9-14,16-17H2,1H3. The van der Waals surface area contributed by atoms with E-state index in [1.807, 2.05) is 36.1 Å². The summed E-state index contributed by atoms with van der Waals surface area (Å²) in [6, 6.07) is 17.4. The van der Waals surface area contributed by atoms with Gasteiger partial charge in [-0.15, -0.1) is 0 Å². The van der Waals surface area contributed by atoms with E-state index in [0.717, 1.165) is 56.4 Å². The van der Waals surface area contributed by atoms with Crippen LogP contribution in [0.5, 0.6) is 0 Å². The van der Waals surface area contributed by atoms with Crippen molar-refractivity contribution in [3.05, 3.63) is 70.8 Å². The topological polar surface area (TPSA) is 32.3 Å². The lowest BCUT2D eigenvalue weighted by molar-refractivity contribution is 0.0682. The van der Waals surface area contributed by atoms with Crippen molar-refractivity contribution in [1.82, 2.24) is 10.2 Å². The molecule has 0 aliphatic carbocycles. The van der Waals surface area contributed by atoms with Crippen LogP contribution in [0.3, 0.4) is 0 Å². The molecule has 142 valence electrons. The molecule has 1 unspecified atom stereocenters. The maximum Gasteiger partial charge on any atom is 0.253 e. The fraction of sp³-hybridized carbons (Fsp3) is 0.458. The van der Waals surface area contributed by atoms with Gasteiger partial charge >= 0.3 is 0 Å². The Morgan fingerprint density at radius 2 is 1.85 bits per heavy atom. The zero-order valence-corrected chi connectivity index (χ0v) is 16.3. The lowest BCUT2D eigenvalue weighted by Gasteiger charge is -2.34. The molecule has 2 aromatic carbocycles. The van der Waals surface area contributed by atoms with Gasteiger partial charge in [-0.2, -0.15) is 0 Å². The van der Waals surface area contributed by atoms with E-state index in [-0.39, 0.29) is 5.91 Å². The van der Waals surface area contributed by atoms with E-state index in [2.05, 4.69) is 29.6 Å². The molecule has 0 spiro atoms. The summed E-state index contributed by atoms with van der Waals surface area (Å²) in [6.07, 6.45) is 5.74. The number of carbonyl (C=O) groups is 1. The maximum atomic E-state index is 12.7. The number of nitrogens with zero attached hydrogens (tertiary/aromatic N) is 1. The lowest BCUT2D eigenvalue weighted by Crippen LogP contribution is -2.41. The molecule has 1 amide bonds. The number of amides is 1. The molecule has 2 aromatic rings. The number of nitrogens with one attached hydrogen (secondary N) is 1. The first-order valence-electron chi connectivity index (χ1n) is 10.3. The molecular weight excluding hydrogens is 332 g/mol. The molecule has 2 aliphatic heterocycles. The van der Waals surface area contributed by atoms with Gasteiger partial charge in [0.1, 0.15) is 0 Å². The van der Waals surface area contributed by atoms with Gasteiger partial charge in [-0.3, -0.25) is 4.79 Å². The second-order valence-corrected chi connectivity index (χ2v) is 8.21. The van der Waals surface area contributed by atoms with E-state index < -0.39 is 0 Å². The van der Waals surface area contributed by atoms with Crippen molar-refractivity contribution in [2.75, 3.05) is 19.6 Å². The third-order valence-corrected chi connectivity index (χ3v) is 6.20. The minimum absolute atomic E-state index is 0.193. The zero-order chi connectivity index (χ0) is 18.6. The van der Waals surface area contributed by atoms with Gasteiger partial charge in [-0.25, -0.2) is 0 Å². The molecule has 0 saturated carbocycles. The van der Waals surface area contributed by atoms with Crippen LogP contribution in [-0.2, 0) is 12.8 Å². The Morgan fingerprint density at radius 1 is 1.07 bits per heavy atom. The van der Waals surface area contributed by atoms with Crippen LogP contribution in [0.2, 0.25) is 0 Å². The van der Waals surface area contributed by atoms with Crippen molar-refractivity contribution < 1.29 is 4.79 Å². The number of aryl methyl sites for hydroxylation is 1. The van der Waals surface area contributed by atoms with Crippen molar-refractivity contribution in [3.63, 3.8) is 0 Å². The summed E-state index contributed by atoms with van der Waals surface area (Å²) < 4.78 is 0. The predicted molar refractivity (Wildman–Crippen MR) is 110 cm³/mol. The van der Waals surface area contributed by atoms with Crippen LogP contribution in [0.1, 0.15) is 46.3 Å². The Kier molecular flexibility index (Phi) is 5.58. The van der Waals surface area contributed by atoms with Crippen LogP contribution in [0.15, 0.2) is 48.5 Å². The number of rotatable bonds is 3. The van der Waals surface area contributed by atoms with Crippen molar-refractivity contribution >= 4 is 5.91 Å². The van der Waals surface area contributed by atoms with Crippen molar-refractivity contribution in [2.24, 2.45) is 5.92 Å². The highest BCUT2D eigenvalue weighted by atomic mass is 16.2. The molecule has 0 bridgehead atoms. The first-order valence-corrected chi connectivity index (χ1v) is 10.3. The summed E-state index contributed by atoms with van der Waals surface area (Å²) in [5.41, 5.74) is 5.00. The summed E-state index contributed by atoms with van der Waals surface area (Å²) >= 11 is 0. The molecule has 1 fully saturated rings.